The predicted octanol–water partition coefficient (Wildman–Crippen LogP) is 3.57. The lowest BCUT2D eigenvalue weighted by atomic mass is 10.2. The predicted molar refractivity (Wildman–Crippen MR) is 83.0 cm³/mol. The lowest BCUT2D eigenvalue weighted by Gasteiger charge is -2.04. The Morgan fingerprint density at radius 1 is 1.14 bits per heavy atom. The van der Waals surface area contributed by atoms with Crippen molar-refractivity contribution in [3.8, 4) is 0 Å². The first-order valence-electron chi connectivity index (χ1n) is 6.28. The third kappa shape index (κ3) is 3.59. The molecule has 0 aliphatic heterocycles. The van der Waals surface area contributed by atoms with E-state index in [1.807, 2.05) is 18.2 Å². The van der Waals surface area contributed by atoms with Crippen LogP contribution in [-0.2, 0) is 5.75 Å². The lowest BCUT2D eigenvalue weighted by Crippen LogP contribution is -1.91. The second-order valence-corrected chi connectivity index (χ2v) is 6.52. The fourth-order valence-corrected chi connectivity index (χ4v) is 3.27. The van der Waals surface area contributed by atoms with Crippen molar-refractivity contribution in [1.29, 1.82) is 0 Å². The van der Waals surface area contributed by atoms with E-state index in [9.17, 15) is 0 Å². The number of nitrogens with one attached hydrogen (secondary N) is 1. The maximum Gasteiger partial charge on any atom is 0.226 e. The lowest BCUT2D eigenvalue weighted by molar-refractivity contribution is 0.485. The molecule has 0 unspecified atom stereocenters. The van der Waals surface area contributed by atoms with Crippen LogP contribution < -0.4 is 5.32 Å². The SMILES string of the molecule is Cc1nnc(CSc2nnc(Nc3ccccc3C)s2)o1. The minimum atomic E-state index is 0.574. The highest BCUT2D eigenvalue weighted by atomic mass is 32.2. The van der Waals surface area contributed by atoms with E-state index >= 15 is 0 Å². The van der Waals surface area contributed by atoms with Crippen molar-refractivity contribution in [3.05, 3.63) is 41.6 Å². The van der Waals surface area contributed by atoms with Gasteiger partial charge in [0.25, 0.3) is 0 Å². The van der Waals surface area contributed by atoms with E-state index in [0.717, 1.165) is 15.2 Å². The Morgan fingerprint density at radius 3 is 2.76 bits per heavy atom. The van der Waals surface area contributed by atoms with Crippen LogP contribution in [0.25, 0.3) is 0 Å². The van der Waals surface area contributed by atoms with Crippen molar-refractivity contribution in [1.82, 2.24) is 20.4 Å². The molecule has 108 valence electrons. The number of hydrogen-bond donors (Lipinski definition) is 1. The number of thioether (sulfide) groups is 1. The molecule has 1 aromatic carbocycles. The van der Waals surface area contributed by atoms with Crippen molar-refractivity contribution in [2.45, 2.75) is 23.9 Å². The van der Waals surface area contributed by atoms with Gasteiger partial charge in [-0.3, -0.25) is 0 Å². The Balaban J connectivity index is 1.62. The van der Waals surface area contributed by atoms with Crippen molar-refractivity contribution in [3.63, 3.8) is 0 Å². The first kappa shape index (κ1) is 14.0. The summed E-state index contributed by atoms with van der Waals surface area (Å²) < 4.78 is 6.18. The van der Waals surface area contributed by atoms with Gasteiger partial charge in [0.15, 0.2) is 4.34 Å². The normalized spacial score (nSPS) is 10.8. The number of benzene rings is 1. The van der Waals surface area contributed by atoms with Crippen molar-refractivity contribution in [2.24, 2.45) is 0 Å². The summed E-state index contributed by atoms with van der Waals surface area (Å²) in [7, 11) is 0. The topological polar surface area (TPSA) is 76.7 Å². The Kier molecular flexibility index (Phi) is 4.16. The van der Waals surface area contributed by atoms with E-state index in [1.54, 1.807) is 6.92 Å². The molecule has 0 fully saturated rings. The van der Waals surface area contributed by atoms with Crippen LogP contribution >= 0.6 is 23.1 Å². The summed E-state index contributed by atoms with van der Waals surface area (Å²) >= 11 is 3.03. The molecule has 0 amide bonds. The highest BCUT2D eigenvalue weighted by molar-refractivity contribution is 8.00. The zero-order valence-corrected chi connectivity index (χ0v) is 13.2. The van der Waals surface area contributed by atoms with Crippen LogP contribution in [-0.4, -0.2) is 20.4 Å². The summed E-state index contributed by atoms with van der Waals surface area (Å²) in [5.74, 6) is 1.77. The molecule has 2 heterocycles. The minimum Gasteiger partial charge on any atom is -0.425 e. The maximum absolute atomic E-state index is 5.32. The second-order valence-electron chi connectivity index (χ2n) is 4.32. The van der Waals surface area contributed by atoms with E-state index in [0.29, 0.717) is 17.5 Å². The second kappa shape index (κ2) is 6.23. The van der Waals surface area contributed by atoms with Gasteiger partial charge >= 0.3 is 0 Å². The molecule has 0 aliphatic carbocycles. The zero-order chi connectivity index (χ0) is 14.7. The number of aryl methyl sites for hydroxylation is 2. The van der Waals surface area contributed by atoms with Crippen LogP contribution in [0, 0.1) is 13.8 Å². The minimum absolute atomic E-state index is 0.574. The Morgan fingerprint density at radius 2 is 2.00 bits per heavy atom. The van der Waals surface area contributed by atoms with E-state index in [2.05, 4.69) is 38.7 Å². The first-order valence-corrected chi connectivity index (χ1v) is 8.09. The average Bonchev–Trinajstić information content (AvgIpc) is 3.08. The van der Waals surface area contributed by atoms with Gasteiger partial charge in [0.1, 0.15) is 0 Å². The molecule has 0 atom stereocenters. The third-order valence-corrected chi connectivity index (χ3v) is 4.64. The molecule has 0 spiro atoms. The average molecular weight is 319 g/mol. The number of hydrogen-bond acceptors (Lipinski definition) is 8. The molecule has 6 nitrogen and oxygen atoms in total. The van der Waals surface area contributed by atoms with Crippen molar-refractivity contribution >= 4 is 33.9 Å². The van der Waals surface area contributed by atoms with Gasteiger partial charge in [-0.25, -0.2) is 0 Å². The Labute approximate surface area is 130 Å². The van der Waals surface area contributed by atoms with Gasteiger partial charge in [-0.15, -0.1) is 20.4 Å². The molecule has 2 aromatic heterocycles. The number of para-hydroxylation sites is 1. The molecule has 21 heavy (non-hydrogen) atoms. The van der Waals surface area contributed by atoms with Gasteiger partial charge in [0, 0.05) is 12.6 Å². The number of rotatable bonds is 5. The van der Waals surface area contributed by atoms with E-state index in [4.69, 9.17) is 4.42 Å². The van der Waals surface area contributed by atoms with E-state index < -0.39 is 0 Å². The molecule has 8 heteroatoms. The molecule has 3 aromatic rings. The summed E-state index contributed by atoms with van der Waals surface area (Å²) in [4.78, 5) is 0. The molecule has 3 rings (SSSR count). The van der Waals surface area contributed by atoms with Gasteiger partial charge in [0.05, 0.1) is 5.75 Å². The summed E-state index contributed by atoms with van der Waals surface area (Å²) in [6.07, 6.45) is 0. The van der Waals surface area contributed by atoms with Crippen molar-refractivity contribution in [2.75, 3.05) is 5.32 Å². The van der Waals surface area contributed by atoms with Crippen LogP contribution in [0.1, 0.15) is 17.3 Å². The smallest absolute Gasteiger partial charge is 0.226 e. The summed E-state index contributed by atoms with van der Waals surface area (Å²) in [5, 5.41) is 20.1. The molecule has 1 N–H and O–H groups in total. The first-order chi connectivity index (χ1) is 10.2. The van der Waals surface area contributed by atoms with Crippen molar-refractivity contribution < 1.29 is 4.42 Å². The third-order valence-electron chi connectivity index (χ3n) is 2.68. The van der Waals surface area contributed by atoms with Gasteiger partial charge in [-0.2, -0.15) is 0 Å². The van der Waals surface area contributed by atoms with E-state index in [-0.39, 0.29) is 0 Å². The van der Waals surface area contributed by atoms with Crippen LogP contribution in [0.4, 0.5) is 10.8 Å². The molecule has 0 aliphatic rings. The Hall–Kier alpha value is -1.93. The van der Waals surface area contributed by atoms with Gasteiger partial charge in [-0.05, 0) is 18.6 Å². The molecule has 0 bridgehead atoms. The monoisotopic (exact) mass is 319 g/mol. The van der Waals surface area contributed by atoms with Gasteiger partial charge < -0.3 is 9.73 Å². The molecule has 0 saturated heterocycles. The fraction of sp³-hybridized carbons (Fsp3) is 0.231. The quantitative estimate of drug-likeness (QED) is 0.720. The Bertz CT molecular complexity index is 740. The van der Waals surface area contributed by atoms with Crippen LogP contribution in [0.2, 0.25) is 0 Å². The highest BCUT2D eigenvalue weighted by Crippen LogP contribution is 2.30. The maximum atomic E-state index is 5.32. The molecule has 0 radical (unpaired) electrons. The highest BCUT2D eigenvalue weighted by Gasteiger charge is 2.09. The van der Waals surface area contributed by atoms with E-state index in [1.165, 1.54) is 28.7 Å². The largest absolute Gasteiger partial charge is 0.425 e. The number of nitrogens with zero attached hydrogens (tertiary/aromatic N) is 4. The number of aromatic nitrogens is 4. The van der Waals surface area contributed by atoms with Crippen LogP contribution in [0.3, 0.4) is 0 Å². The van der Waals surface area contributed by atoms with Gasteiger partial charge in [0.2, 0.25) is 16.9 Å². The summed E-state index contributed by atoms with van der Waals surface area (Å²) in [5.41, 5.74) is 2.21. The standard InChI is InChI=1S/C13H13N5OS2/c1-8-5-3-4-6-10(8)14-12-17-18-13(21-12)20-7-11-16-15-9(2)19-11/h3-6H,7H2,1-2H3,(H,14,17). The molecule has 0 saturated carbocycles. The zero-order valence-electron chi connectivity index (χ0n) is 11.5. The van der Waals surface area contributed by atoms with Crippen LogP contribution in [0.15, 0.2) is 33.0 Å². The molecular formula is C13H13N5OS2. The molecular weight excluding hydrogens is 306 g/mol. The summed E-state index contributed by atoms with van der Waals surface area (Å²) in [6.45, 7) is 3.83. The van der Waals surface area contributed by atoms with Gasteiger partial charge in [-0.1, -0.05) is 41.3 Å². The summed E-state index contributed by atoms with van der Waals surface area (Å²) in [6, 6.07) is 8.07. The number of anilines is 2. The fourth-order valence-electron chi connectivity index (χ4n) is 1.67. The van der Waals surface area contributed by atoms with Crippen LogP contribution in [0.5, 0.6) is 0 Å².